The third kappa shape index (κ3) is 6.03. The number of piperidine rings is 1. The molecule has 1 fully saturated rings. The van der Waals surface area contributed by atoms with Crippen molar-refractivity contribution in [2.75, 3.05) is 33.4 Å². The molecule has 122 valence electrons. The van der Waals surface area contributed by atoms with Gasteiger partial charge in [-0.15, -0.1) is 0 Å². The molecule has 0 saturated carbocycles. The Hall–Kier alpha value is -1.59. The molecule has 0 radical (unpaired) electrons. The molecular weight excluding hydrogens is 280 g/mol. The predicted octanol–water partition coefficient (Wildman–Crippen LogP) is 2.41. The normalized spacial score (nSPS) is 16.4. The molecule has 1 aliphatic heterocycles. The van der Waals surface area contributed by atoms with Gasteiger partial charge in [0.2, 0.25) is 0 Å². The summed E-state index contributed by atoms with van der Waals surface area (Å²) >= 11 is 0. The van der Waals surface area contributed by atoms with Crippen LogP contribution < -0.4 is 5.32 Å². The molecule has 0 atom stereocenters. The molecule has 1 aliphatic rings. The SMILES string of the molecule is COCCCN1CCC(NC(=O)OCc2ccccc2)CC1. The van der Waals surface area contributed by atoms with Crippen molar-refractivity contribution in [3.63, 3.8) is 0 Å². The smallest absolute Gasteiger partial charge is 0.407 e. The minimum absolute atomic E-state index is 0.224. The maximum absolute atomic E-state index is 11.8. The van der Waals surface area contributed by atoms with Gasteiger partial charge in [0, 0.05) is 39.4 Å². The van der Waals surface area contributed by atoms with Crippen LogP contribution in [0.4, 0.5) is 4.79 Å². The first-order valence-electron chi connectivity index (χ1n) is 7.96. The number of likely N-dealkylation sites (tertiary alicyclic amines) is 1. The summed E-state index contributed by atoms with van der Waals surface area (Å²) in [5.41, 5.74) is 1.01. The summed E-state index contributed by atoms with van der Waals surface area (Å²) in [7, 11) is 1.73. The number of methoxy groups -OCH3 is 1. The summed E-state index contributed by atoms with van der Waals surface area (Å²) in [6.45, 7) is 4.24. The fourth-order valence-electron chi connectivity index (χ4n) is 2.66. The zero-order chi connectivity index (χ0) is 15.6. The molecule has 0 aliphatic carbocycles. The number of nitrogens with one attached hydrogen (secondary N) is 1. The van der Waals surface area contributed by atoms with Crippen molar-refractivity contribution >= 4 is 6.09 Å². The van der Waals surface area contributed by atoms with Crippen LogP contribution in [0, 0.1) is 0 Å². The van der Waals surface area contributed by atoms with E-state index in [-0.39, 0.29) is 12.1 Å². The molecule has 0 bridgehead atoms. The second kappa shape index (κ2) is 9.43. The molecule has 1 saturated heterocycles. The molecule has 5 nitrogen and oxygen atoms in total. The molecular formula is C17H26N2O3. The van der Waals surface area contributed by atoms with Crippen LogP contribution >= 0.6 is 0 Å². The number of carbonyl (C=O) groups is 1. The summed E-state index contributed by atoms with van der Waals surface area (Å²) in [6, 6.07) is 9.95. The van der Waals surface area contributed by atoms with E-state index < -0.39 is 0 Å². The zero-order valence-corrected chi connectivity index (χ0v) is 13.3. The number of hydrogen-bond acceptors (Lipinski definition) is 4. The minimum atomic E-state index is -0.318. The number of rotatable bonds is 7. The van der Waals surface area contributed by atoms with Crippen LogP contribution in [-0.4, -0.2) is 50.4 Å². The first kappa shape index (κ1) is 16.8. The van der Waals surface area contributed by atoms with Gasteiger partial charge < -0.3 is 19.7 Å². The fourth-order valence-corrected chi connectivity index (χ4v) is 2.66. The topological polar surface area (TPSA) is 50.8 Å². The van der Waals surface area contributed by atoms with Crippen molar-refractivity contribution in [1.29, 1.82) is 0 Å². The van der Waals surface area contributed by atoms with Crippen LogP contribution in [-0.2, 0) is 16.1 Å². The Kier molecular flexibility index (Phi) is 7.19. The predicted molar refractivity (Wildman–Crippen MR) is 85.7 cm³/mol. The number of alkyl carbamates (subject to hydrolysis) is 1. The Morgan fingerprint density at radius 2 is 2.00 bits per heavy atom. The van der Waals surface area contributed by atoms with Crippen LogP contribution in [0.15, 0.2) is 30.3 Å². The highest BCUT2D eigenvalue weighted by Crippen LogP contribution is 2.11. The van der Waals surface area contributed by atoms with Gasteiger partial charge in [-0.2, -0.15) is 0 Å². The fraction of sp³-hybridized carbons (Fsp3) is 0.588. The van der Waals surface area contributed by atoms with Crippen molar-refractivity contribution in [2.24, 2.45) is 0 Å². The Morgan fingerprint density at radius 1 is 1.27 bits per heavy atom. The monoisotopic (exact) mass is 306 g/mol. The van der Waals surface area contributed by atoms with E-state index in [1.807, 2.05) is 30.3 Å². The summed E-state index contributed by atoms with van der Waals surface area (Å²) in [4.78, 5) is 14.2. The van der Waals surface area contributed by atoms with Crippen molar-refractivity contribution in [2.45, 2.75) is 31.9 Å². The van der Waals surface area contributed by atoms with Gasteiger partial charge in [-0.3, -0.25) is 0 Å². The Balaban J connectivity index is 1.60. The average Bonchev–Trinajstić information content (AvgIpc) is 2.56. The van der Waals surface area contributed by atoms with Crippen molar-refractivity contribution in [1.82, 2.24) is 10.2 Å². The quantitative estimate of drug-likeness (QED) is 0.786. The molecule has 1 aromatic carbocycles. The van der Waals surface area contributed by atoms with Gasteiger partial charge in [-0.05, 0) is 24.8 Å². The molecule has 1 amide bonds. The average molecular weight is 306 g/mol. The van der Waals surface area contributed by atoms with E-state index in [1.165, 1.54) is 0 Å². The largest absolute Gasteiger partial charge is 0.445 e. The van der Waals surface area contributed by atoms with Crippen LogP contribution in [0.3, 0.4) is 0 Å². The second-order valence-electron chi connectivity index (χ2n) is 5.67. The van der Waals surface area contributed by atoms with E-state index >= 15 is 0 Å². The van der Waals surface area contributed by atoms with Crippen LogP contribution in [0.1, 0.15) is 24.8 Å². The van der Waals surface area contributed by atoms with E-state index in [4.69, 9.17) is 9.47 Å². The lowest BCUT2D eigenvalue weighted by molar-refractivity contribution is 0.123. The lowest BCUT2D eigenvalue weighted by Crippen LogP contribution is -2.45. The van der Waals surface area contributed by atoms with Gasteiger partial charge in [-0.1, -0.05) is 30.3 Å². The highest BCUT2D eigenvalue weighted by atomic mass is 16.5. The molecule has 0 unspecified atom stereocenters. The van der Waals surface area contributed by atoms with Crippen LogP contribution in [0.5, 0.6) is 0 Å². The zero-order valence-electron chi connectivity index (χ0n) is 13.3. The molecule has 1 heterocycles. The van der Waals surface area contributed by atoms with Crippen molar-refractivity contribution in [3.8, 4) is 0 Å². The Morgan fingerprint density at radius 3 is 2.68 bits per heavy atom. The van der Waals surface area contributed by atoms with Gasteiger partial charge in [0.25, 0.3) is 0 Å². The summed E-state index contributed by atoms with van der Waals surface area (Å²) in [6.07, 6.45) is 2.70. The summed E-state index contributed by atoms with van der Waals surface area (Å²) in [5, 5.41) is 2.96. The molecule has 2 rings (SSSR count). The molecule has 5 heteroatoms. The maximum Gasteiger partial charge on any atom is 0.407 e. The van der Waals surface area contributed by atoms with Crippen molar-refractivity contribution in [3.05, 3.63) is 35.9 Å². The third-order valence-corrected chi connectivity index (χ3v) is 3.95. The van der Waals surface area contributed by atoms with Crippen LogP contribution in [0.25, 0.3) is 0 Å². The standard InChI is InChI=1S/C17H26N2O3/c1-21-13-5-10-19-11-8-16(9-12-19)18-17(20)22-14-15-6-3-2-4-7-15/h2-4,6-7,16H,5,8-14H2,1H3,(H,18,20). The Bertz CT molecular complexity index is 431. The van der Waals surface area contributed by atoms with E-state index in [0.29, 0.717) is 6.61 Å². The van der Waals surface area contributed by atoms with E-state index in [9.17, 15) is 4.79 Å². The van der Waals surface area contributed by atoms with E-state index in [1.54, 1.807) is 7.11 Å². The molecule has 1 aromatic rings. The van der Waals surface area contributed by atoms with E-state index in [2.05, 4.69) is 10.2 Å². The highest BCUT2D eigenvalue weighted by Gasteiger charge is 2.20. The Labute approximate surface area is 132 Å². The highest BCUT2D eigenvalue weighted by molar-refractivity contribution is 5.67. The second-order valence-corrected chi connectivity index (χ2v) is 5.67. The van der Waals surface area contributed by atoms with Gasteiger partial charge in [0.15, 0.2) is 0 Å². The number of nitrogens with zero attached hydrogens (tertiary/aromatic N) is 1. The number of hydrogen-bond donors (Lipinski definition) is 1. The van der Waals surface area contributed by atoms with Gasteiger partial charge in [-0.25, -0.2) is 4.79 Å². The van der Waals surface area contributed by atoms with E-state index in [0.717, 1.165) is 51.1 Å². The summed E-state index contributed by atoms with van der Waals surface area (Å²) < 4.78 is 10.3. The summed E-state index contributed by atoms with van der Waals surface area (Å²) in [5.74, 6) is 0. The molecule has 22 heavy (non-hydrogen) atoms. The number of carbonyl (C=O) groups excluding carboxylic acids is 1. The van der Waals surface area contributed by atoms with Crippen molar-refractivity contribution < 1.29 is 14.3 Å². The van der Waals surface area contributed by atoms with Gasteiger partial charge >= 0.3 is 6.09 Å². The minimum Gasteiger partial charge on any atom is -0.445 e. The van der Waals surface area contributed by atoms with Gasteiger partial charge in [0.05, 0.1) is 0 Å². The third-order valence-electron chi connectivity index (χ3n) is 3.95. The molecule has 1 N–H and O–H groups in total. The lowest BCUT2D eigenvalue weighted by Gasteiger charge is -2.32. The maximum atomic E-state index is 11.8. The first-order valence-corrected chi connectivity index (χ1v) is 7.96. The number of benzene rings is 1. The molecule has 0 aromatic heterocycles. The first-order chi connectivity index (χ1) is 10.8. The van der Waals surface area contributed by atoms with Crippen LogP contribution in [0.2, 0.25) is 0 Å². The number of amides is 1. The van der Waals surface area contributed by atoms with Gasteiger partial charge in [0.1, 0.15) is 6.61 Å². The lowest BCUT2D eigenvalue weighted by atomic mass is 10.1. The number of ether oxygens (including phenoxy) is 2. The molecule has 0 spiro atoms.